The Bertz CT molecular complexity index is 42.7. The van der Waals surface area contributed by atoms with Gasteiger partial charge in [-0.05, 0) is 6.92 Å². The van der Waals surface area contributed by atoms with Gasteiger partial charge in [0.1, 0.15) is 0 Å². The maximum absolute atomic E-state index is 7.57. The molecule has 0 aromatic rings. The van der Waals surface area contributed by atoms with Crippen LogP contribution in [0.4, 0.5) is 0 Å². The molecule has 0 heterocycles. The highest BCUT2D eigenvalue weighted by Gasteiger charge is 1.34. The Balaban J connectivity index is -0.0000000246. The van der Waals surface area contributed by atoms with Gasteiger partial charge in [-0.15, -0.1) is 0 Å². The normalized spacial score (nSPS) is 3.80. The molecule has 0 radical (unpaired) electrons. The van der Waals surface area contributed by atoms with Crippen molar-refractivity contribution < 1.29 is 15.3 Å². The fourth-order valence-corrected chi connectivity index (χ4v) is 0. The molecule has 0 aromatic carbocycles. The van der Waals surface area contributed by atoms with Gasteiger partial charge in [0.05, 0.1) is 6.07 Å². The van der Waals surface area contributed by atoms with Crippen LogP contribution in [0.25, 0.3) is 0 Å². The first-order valence-corrected chi connectivity index (χ1v) is 2.64. The molecule has 0 amide bonds. The Morgan fingerprint density at radius 2 is 1.20 bits per heavy atom. The number of hydrogen-bond donors (Lipinski definition) is 3. The van der Waals surface area contributed by atoms with Crippen LogP contribution in [-0.2, 0) is 0 Å². The topological polar surface area (TPSA) is 84.5 Å². The second-order valence-corrected chi connectivity index (χ2v) is 0.540. The van der Waals surface area contributed by atoms with Crippen molar-refractivity contribution in [1.29, 1.82) is 5.26 Å². The maximum Gasteiger partial charge on any atom is 0.0587 e. The predicted octanol–water partition coefficient (Wildman–Crippen LogP) is -0.255. The fraction of sp³-hybridized carbons (Fsp3) is 0.833. The molecule has 0 aliphatic rings. The van der Waals surface area contributed by atoms with Crippen LogP contribution in [0.3, 0.4) is 0 Å². The molecular formula is C6H17NO3. The highest BCUT2D eigenvalue weighted by atomic mass is 16.2. The fourth-order valence-electron chi connectivity index (χ4n) is 0. The van der Waals surface area contributed by atoms with E-state index in [2.05, 4.69) is 0 Å². The lowest BCUT2D eigenvalue weighted by molar-refractivity contribution is 0.318. The van der Waals surface area contributed by atoms with E-state index in [0.29, 0.717) is 0 Å². The molecule has 0 bridgehead atoms. The summed E-state index contributed by atoms with van der Waals surface area (Å²) in [6.45, 7) is 3.36. The van der Waals surface area contributed by atoms with Crippen molar-refractivity contribution in [2.45, 2.75) is 13.8 Å². The molecule has 0 aliphatic carbocycles. The number of nitriles is 1. The minimum absolute atomic E-state index is 0.250. The molecule has 4 heteroatoms. The summed E-state index contributed by atoms with van der Waals surface area (Å²) >= 11 is 0. The van der Waals surface area contributed by atoms with E-state index in [4.69, 9.17) is 20.6 Å². The monoisotopic (exact) mass is 151 g/mol. The van der Waals surface area contributed by atoms with Crippen LogP contribution in [0, 0.1) is 11.3 Å². The summed E-state index contributed by atoms with van der Waals surface area (Å²) in [4.78, 5) is 0. The smallest absolute Gasteiger partial charge is 0.0587 e. The predicted molar refractivity (Wildman–Crippen MR) is 40.3 cm³/mol. The van der Waals surface area contributed by atoms with Gasteiger partial charge in [0, 0.05) is 27.8 Å². The van der Waals surface area contributed by atoms with Crippen molar-refractivity contribution in [3.63, 3.8) is 0 Å². The molecule has 0 rings (SSSR count). The molecule has 4 nitrogen and oxygen atoms in total. The highest BCUT2D eigenvalue weighted by Crippen LogP contribution is 1.30. The SMILES string of the molecule is CC#N.CCO.CO.CO. The van der Waals surface area contributed by atoms with Crippen LogP contribution in [0.15, 0.2) is 0 Å². The van der Waals surface area contributed by atoms with Crippen LogP contribution >= 0.6 is 0 Å². The third-order valence-electron chi connectivity index (χ3n) is 0. The van der Waals surface area contributed by atoms with Gasteiger partial charge in [-0.3, -0.25) is 0 Å². The van der Waals surface area contributed by atoms with Crippen molar-refractivity contribution in [1.82, 2.24) is 0 Å². The number of hydrogen-bond acceptors (Lipinski definition) is 4. The number of rotatable bonds is 0. The van der Waals surface area contributed by atoms with Gasteiger partial charge in [-0.2, -0.15) is 5.26 Å². The first kappa shape index (κ1) is 22.8. The van der Waals surface area contributed by atoms with Crippen molar-refractivity contribution in [2.75, 3.05) is 20.8 Å². The second kappa shape index (κ2) is 242. The van der Waals surface area contributed by atoms with Crippen molar-refractivity contribution >= 4 is 0 Å². The molecule has 0 saturated heterocycles. The summed E-state index contributed by atoms with van der Waals surface area (Å²) in [5.41, 5.74) is 0. The summed E-state index contributed by atoms with van der Waals surface area (Å²) in [5.74, 6) is 0. The van der Waals surface area contributed by atoms with Gasteiger partial charge < -0.3 is 15.3 Å². The van der Waals surface area contributed by atoms with E-state index in [1.54, 1.807) is 13.0 Å². The minimum Gasteiger partial charge on any atom is -0.400 e. The molecule has 0 spiro atoms. The average molecular weight is 151 g/mol. The Hall–Kier alpha value is -0.630. The van der Waals surface area contributed by atoms with Gasteiger partial charge in [-0.1, -0.05) is 0 Å². The molecule has 0 unspecified atom stereocenters. The van der Waals surface area contributed by atoms with E-state index in [9.17, 15) is 0 Å². The van der Waals surface area contributed by atoms with Crippen molar-refractivity contribution in [3.8, 4) is 6.07 Å². The highest BCUT2D eigenvalue weighted by molar-refractivity contribution is 4.51. The number of aliphatic hydroxyl groups excluding tert-OH is 3. The van der Waals surface area contributed by atoms with Gasteiger partial charge >= 0.3 is 0 Å². The standard InChI is InChI=1S/C2H3N.C2H6O.2CH4O/c2*1-2-3;2*1-2/h1H3;3H,2H2,1H3;2*2H,1H3. The molecule has 0 saturated carbocycles. The van der Waals surface area contributed by atoms with Crippen molar-refractivity contribution in [2.24, 2.45) is 0 Å². The molecule has 64 valence electrons. The molecule has 0 aromatic heterocycles. The maximum atomic E-state index is 7.57. The largest absolute Gasteiger partial charge is 0.400 e. The van der Waals surface area contributed by atoms with Crippen LogP contribution in [0.1, 0.15) is 13.8 Å². The summed E-state index contributed by atoms with van der Waals surface area (Å²) in [5, 5.41) is 28.9. The van der Waals surface area contributed by atoms with E-state index in [1.165, 1.54) is 6.92 Å². The van der Waals surface area contributed by atoms with Crippen LogP contribution in [0.2, 0.25) is 0 Å². The summed E-state index contributed by atoms with van der Waals surface area (Å²) in [6, 6.07) is 1.75. The van der Waals surface area contributed by atoms with Crippen LogP contribution < -0.4 is 0 Å². The van der Waals surface area contributed by atoms with Crippen LogP contribution in [-0.4, -0.2) is 36.1 Å². The Labute approximate surface area is 62.4 Å². The average Bonchev–Trinajstić information content (AvgIpc) is 1.99. The van der Waals surface area contributed by atoms with E-state index < -0.39 is 0 Å². The summed E-state index contributed by atoms with van der Waals surface area (Å²) in [7, 11) is 2.00. The zero-order valence-electron chi connectivity index (χ0n) is 7.00. The Kier molecular flexibility index (Phi) is 551. The quantitative estimate of drug-likeness (QED) is 0.445. The first-order chi connectivity index (χ1) is 4.83. The second-order valence-electron chi connectivity index (χ2n) is 0.540. The van der Waals surface area contributed by atoms with E-state index >= 15 is 0 Å². The van der Waals surface area contributed by atoms with E-state index in [1.807, 2.05) is 0 Å². The summed E-state index contributed by atoms with van der Waals surface area (Å²) < 4.78 is 0. The Morgan fingerprint density at radius 3 is 1.20 bits per heavy atom. The summed E-state index contributed by atoms with van der Waals surface area (Å²) in [6.07, 6.45) is 0. The molecular weight excluding hydrogens is 134 g/mol. The first-order valence-electron chi connectivity index (χ1n) is 2.64. The lowest BCUT2D eigenvalue weighted by Crippen LogP contribution is -1.57. The van der Waals surface area contributed by atoms with Gasteiger partial charge in [-0.25, -0.2) is 0 Å². The van der Waals surface area contributed by atoms with Gasteiger partial charge in [0.15, 0.2) is 0 Å². The Morgan fingerprint density at radius 1 is 1.20 bits per heavy atom. The molecule has 0 aliphatic heterocycles. The molecule has 10 heavy (non-hydrogen) atoms. The number of nitrogens with zero attached hydrogens (tertiary/aromatic N) is 1. The van der Waals surface area contributed by atoms with Gasteiger partial charge in [0.25, 0.3) is 0 Å². The molecule has 3 N–H and O–H groups in total. The third-order valence-corrected chi connectivity index (χ3v) is 0. The van der Waals surface area contributed by atoms with E-state index in [-0.39, 0.29) is 6.61 Å². The van der Waals surface area contributed by atoms with Gasteiger partial charge in [0.2, 0.25) is 0 Å². The lowest BCUT2D eigenvalue weighted by Gasteiger charge is -1.52. The minimum atomic E-state index is 0.250. The third kappa shape index (κ3) is 753. The zero-order valence-corrected chi connectivity index (χ0v) is 7.00. The van der Waals surface area contributed by atoms with Crippen LogP contribution in [0.5, 0.6) is 0 Å². The lowest BCUT2D eigenvalue weighted by atomic mass is 10.9. The number of aliphatic hydroxyl groups is 3. The zero-order chi connectivity index (χ0) is 9.41. The van der Waals surface area contributed by atoms with E-state index in [0.717, 1.165) is 14.2 Å². The van der Waals surface area contributed by atoms with Crippen molar-refractivity contribution in [3.05, 3.63) is 0 Å². The molecule has 0 atom stereocenters. The molecule has 0 fully saturated rings.